The number of nitrogens with zero attached hydrogens (tertiary/aromatic N) is 3. The molecule has 2 heterocycles. The molecule has 5 heteroatoms. The minimum Gasteiger partial charge on any atom is -0.344 e. The molecular weight excluding hydrogens is 216 g/mol. The fourth-order valence-electron chi connectivity index (χ4n) is 2.27. The maximum atomic E-state index is 11.7. The molecule has 1 N–H and O–H groups in total. The number of hydrogen-bond acceptors (Lipinski definition) is 3. The Bertz CT molecular complexity index is 413. The van der Waals surface area contributed by atoms with Gasteiger partial charge in [0, 0.05) is 38.9 Å². The molecule has 1 aromatic heterocycles. The van der Waals surface area contributed by atoms with Gasteiger partial charge < -0.3 is 10.2 Å². The van der Waals surface area contributed by atoms with Gasteiger partial charge in [-0.1, -0.05) is 6.92 Å². The summed E-state index contributed by atoms with van der Waals surface area (Å²) in [5.74, 6) is 0.201. The summed E-state index contributed by atoms with van der Waals surface area (Å²) in [6.45, 7) is 3.67. The summed E-state index contributed by atoms with van der Waals surface area (Å²) in [4.78, 5) is 13.5. The molecular formula is C12H20N4O. The van der Waals surface area contributed by atoms with E-state index in [1.807, 2.05) is 25.0 Å². The fourth-order valence-corrected chi connectivity index (χ4v) is 2.27. The molecule has 1 atom stereocenters. The van der Waals surface area contributed by atoms with Crippen molar-refractivity contribution in [1.82, 2.24) is 20.0 Å². The first-order valence-corrected chi connectivity index (χ1v) is 6.11. The van der Waals surface area contributed by atoms with Crippen LogP contribution in [0, 0.1) is 0 Å². The zero-order chi connectivity index (χ0) is 12.4. The predicted octanol–water partition coefficient (Wildman–Crippen LogP) is 0.303. The molecule has 0 saturated carbocycles. The third-order valence-corrected chi connectivity index (χ3v) is 3.29. The maximum Gasteiger partial charge on any atom is 0.239 e. The number of nitrogens with one attached hydrogen (secondary N) is 1. The third-order valence-electron chi connectivity index (χ3n) is 3.29. The van der Waals surface area contributed by atoms with Crippen LogP contribution in [0.5, 0.6) is 0 Å². The monoisotopic (exact) mass is 236 g/mol. The molecule has 5 nitrogen and oxygen atoms in total. The van der Waals surface area contributed by atoms with E-state index >= 15 is 0 Å². The zero-order valence-corrected chi connectivity index (χ0v) is 10.7. The Morgan fingerprint density at radius 2 is 2.29 bits per heavy atom. The van der Waals surface area contributed by atoms with Gasteiger partial charge in [-0.25, -0.2) is 0 Å². The van der Waals surface area contributed by atoms with Crippen molar-refractivity contribution in [2.45, 2.75) is 32.4 Å². The number of likely N-dealkylation sites (N-methyl/N-ethyl adjacent to an activating group) is 1. The quantitative estimate of drug-likeness (QED) is 0.818. The number of hydrogen-bond donors (Lipinski definition) is 1. The second kappa shape index (κ2) is 4.87. The molecule has 2 rings (SSSR count). The number of carbonyl (C=O) groups is 1. The average molecular weight is 236 g/mol. The molecule has 0 spiro atoms. The standard InChI is InChI=1S/C12H20N4O/c1-4-10-9(8-16(3)14-10)7-13-11-5-6-15(2)12(11)17/h8,11,13H,4-7H2,1-3H3. The highest BCUT2D eigenvalue weighted by molar-refractivity contribution is 5.83. The van der Waals surface area contributed by atoms with E-state index in [4.69, 9.17) is 0 Å². The first kappa shape index (κ1) is 12.1. The predicted molar refractivity (Wildman–Crippen MR) is 65.5 cm³/mol. The molecule has 1 aliphatic heterocycles. The Labute approximate surface area is 102 Å². The smallest absolute Gasteiger partial charge is 0.239 e. The van der Waals surface area contributed by atoms with Crippen LogP contribution in [0.2, 0.25) is 0 Å². The fraction of sp³-hybridized carbons (Fsp3) is 0.667. The highest BCUT2D eigenvalue weighted by atomic mass is 16.2. The number of rotatable bonds is 4. The minimum atomic E-state index is -0.0232. The lowest BCUT2D eigenvalue weighted by molar-refractivity contribution is -0.128. The van der Waals surface area contributed by atoms with Gasteiger partial charge in [0.2, 0.25) is 5.91 Å². The van der Waals surface area contributed by atoms with Crippen LogP contribution in [-0.4, -0.2) is 40.2 Å². The second-order valence-corrected chi connectivity index (χ2v) is 4.61. The van der Waals surface area contributed by atoms with Gasteiger partial charge in [0.1, 0.15) is 0 Å². The molecule has 1 aliphatic rings. The molecule has 17 heavy (non-hydrogen) atoms. The van der Waals surface area contributed by atoms with Gasteiger partial charge in [-0.05, 0) is 12.8 Å². The van der Waals surface area contributed by atoms with Crippen molar-refractivity contribution in [1.29, 1.82) is 0 Å². The lowest BCUT2D eigenvalue weighted by atomic mass is 10.2. The van der Waals surface area contributed by atoms with Crippen molar-refractivity contribution in [2.24, 2.45) is 7.05 Å². The summed E-state index contributed by atoms with van der Waals surface area (Å²) >= 11 is 0. The number of likely N-dealkylation sites (tertiary alicyclic amines) is 1. The van der Waals surface area contributed by atoms with E-state index < -0.39 is 0 Å². The Balaban J connectivity index is 1.96. The lowest BCUT2D eigenvalue weighted by Crippen LogP contribution is -2.36. The largest absolute Gasteiger partial charge is 0.344 e. The van der Waals surface area contributed by atoms with Crippen LogP contribution in [0.15, 0.2) is 6.20 Å². The molecule has 1 aromatic rings. The van der Waals surface area contributed by atoms with Crippen molar-refractivity contribution in [2.75, 3.05) is 13.6 Å². The van der Waals surface area contributed by atoms with Crippen LogP contribution < -0.4 is 5.32 Å². The highest BCUT2D eigenvalue weighted by Crippen LogP contribution is 2.11. The maximum absolute atomic E-state index is 11.7. The highest BCUT2D eigenvalue weighted by Gasteiger charge is 2.28. The van der Waals surface area contributed by atoms with Crippen molar-refractivity contribution in [3.8, 4) is 0 Å². The number of amides is 1. The second-order valence-electron chi connectivity index (χ2n) is 4.61. The van der Waals surface area contributed by atoms with Gasteiger partial charge in [-0.15, -0.1) is 0 Å². The number of carbonyl (C=O) groups excluding carboxylic acids is 1. The lowest BCUT2D eigenvalue weighted by Gasteiger charge is -2.11. The van der Waals surface area contributed by atoms with Gasteiger partial charge in [0.15, 0.2) is 0 Å². The Kier molecular flexibility index (Phi) is 3.47. The third kappa shape index (κ3) is 2.49. The summed E-state index contributed by atoms with van der Waals surface area (Å²) < 4.78 is 1.83. The van der Waals surface area contributed by atoms with E-state index in [1.165, 1.54) is 5.56 Å². The average Bonchev–Trinajstić information content (AvgIpc) is 2.82. The van der Waals surface area contributed by atoms with Crippen LogP contribution >= 0.6 is 0 Å². The van der Waals surface area contributed by atoms with Crippen molar-refractivity contribution in [3.63, 3.8) is 0 Å². The summed E-state index contributed by atoms with van der Waals surface area (Å²) in [6.07, 6.45) is 3.85. The summed E-state index contributed by atoms with van der Waals surface area (Å²) in [5, 5.41) is 7.71. The molecule has 0 aliphatic carbocycles. The Hall–Kier alpha value is -1.36. The first-order chi connectivity index (χ1) is 8.11. The minimum absolute atomic E-state index is 0.0232. The van der Waals surface area contributed by atoms with E-state index in [-0.39, 0.29) is 11.9 Å². The molecule has 1 fully saturated rings. The van der Waals surface area contributed by atoms with Crippen molar-refractivity contribution in [3.05, 3.63) is 17.5 Å². The molecule has 94 valence electrons. The van der Waals surface area contributed by atoms with Crippen molar-refractivity contribution >= 4 is 5.91 Å². The number of aromatic nitrogens is 2. The van der Waals surface area contributed by atoms with Gasteiger partial charge in [-0.3, -0.25) is 9.48 Å². The van der Waals surface area contributed by atoms with Gasteiger partial charge in [-0.2, -0.15) is 5.10 Å². The van der Waals surface area contributed by atoms with Crippen LogP contribution in [0.1, 0.15) is 24.6 Å². The van der Waals surface area contributed by atoms with E-state index in [1.54, 1.807) is 4.90 Å². The van der Waals surface area contributed by atoms with E-state index in [0.717, 1.165) is 31.6 Å². The van der Waals surface area contributed by atoms with E-state index in [2.05, 4.69) is 17.3 Å². The van der Waals surface area contributed by atoms with Gasteiger partial charge >= 0.3 is 0 Å². The summed E-state index contributed by atoms with van der Waals surface area (Å²) in [7, 11) is 3.78. The topological polar surface area (TPSA) is 50.2 Å². The number of aryl methyl sites for hydroxylation is 2. The van der Waals surface area contributed by atoms with Crippen LogP contribution in [0.4, 0.5) is 0 Å². The summed E-state index contributed by atoms with van der Waals surface area (Å²) in [6, 6.07) is -0.0232. The zero-order valence-electron chi connectivity index (χ0n) is 10.7. The Morgan fingerprint density at radius 3 is 2.88 bits per heavy atom. The van der Waals surface area contributed by atoms with Gasteiger partial charge in [0.25, 0.3) is 0 Å². The van der Waals surface area contributed by atoms with Gasteiger partial charge in [0.05, 0.1) is 11.7 Å². The molecule has 0 aromatic carbocycles. The molecule has 0 radical (unpaired) electrons. The molecule has 1 saturated heterocycles. The van der Waals surface area contributed by atoms with E-state index in [9.17, 15) is 4.79 Å². The summed E-state index contributed by atoms with van der Waals surface area (Å²) in [5.41, 5.74) is 2.30. The molecule has 0 bridgehead atoms. The SMILES string of the molecule is CCc1nn(C)cc1CNC1CCN(C)C1=O. The van der Waals surface area contributed by atoms with Crippen LogP contribution in [0.3, 0.4) is 0 Å². The van der Waals surface area contributed by atoms with Crippen LogP contribution in [0.25, 0.3) is 0 Å². The molecule has 1 amide bonds. The normalized spacial score (nSPS) is 20.3. The van der Waals surface area contributed by atoms with Crippen molar-refractivity contribution < 1.29 is 4.79 Å². The Morgan fingerprint density at radius 1 is 1.53 bits per heavy atom. The molecule has 1 unspecified atom stereocenters. The first-order valence-electron chi connectivity index (χ1n) is 6.11. The van der Waals surface area contributed by atoms with E-state index in [0.29, 0.717) is 0 Å². The van der Waals surface area contributed by atoms with Crippen LogP contribution in [-0.2, 0) is 24.8 Å².